The fraction of sp³-hybridized carbons (Fsp3) is 0.231. The number of carbonyl (C=O) groups is 1. The van der Waals surface area contributed by atoms with E-state index >= 15 is 0 Å². The number of pyridine rings is 1. The van der Waals surface area contributed by atoms with E-state index in [2.05, 4.69) is 4.98 Å². The van der Waals surface area contributed by atoms with Crippen LogP contribution in [0.3, 0.4) is 0 Å². The molecule has 0 N–H and O–H groups in total. The van der Waals surface area contributed by atoms with Crippen molar-refractivity contribution >= 4 is 16.9 Å². The average molecular weight is 249 g/mol. The highest BCUT2D eigenvalue weighted by atomic mass is 19.1. The van der Waals surface area contributed by atoms with Gasteiger partial charge >= 0.3 is 5.97 Å². The van der Waals surface area contributed by atoms with Gasteiger partial charge in [0.2, 0.25) is 0 Å². The number of hydrogen-bond acceptors (Lipinski definition) is 4. The van der Waals surface area contributed by atoms with Gasteiger partial charge in [-0.15, -0.1) is 0 Å². The van der Waals surface area contributed by atoms with Gasteiger partial charge in [-0.05, 0) is 18.2 Å². The van der Waals surface area contributed by atoms with Crippen LogP contribution in [0.5, 0.6) is 5.75 Å². The molecule has 2 rings (SSSR count). The largest absolute Gasteiger partial charge is 0.490 e. The second-order valence-electron chi connectivity index (χ2n) is 3.54. The van der Waals surface area contributed by atoms with Crippen LogP contribution in [0.2, 0.25) is 0 Å². The highest BCUT2D eigenvalue weighted by Gasteiger charge is 2.18. The Bertz CT molecular complexity index is 571. The lowest BCUT2D eigenvalue weighted by atomic mass is 10.1. The lowest BCUT2D eigenvalue weighted by Gasteiger charge is -2.11. The summed E-state index contributed by atoms with van der Waals surface area (Å²) in [5.41, 5.74) is 0.713. The SMILES string of the molecule is COC(=O)c1c(OCCF)ccc2cccnc12. The zero-order valence-electron chi connectivity index (χ0n) is 9.85. The molecule has 5 heteroatoms. The summed E-state index contributed by atoms with van der Waals surface area (Å²) < 4.78 is 22.1. The molecule has 1 heterocycles. The predicted molar refractivity (Wildman–Crippen MR) is 64.6 cm³/mol. The van der Waals surface area contributed by atoms with Gasteiger partial charge in [-0.25, -0.2) is 9.18 Å². The molecule has 94 valence electrons. The van der Waals surface area contributed by atoms with Gasteiger partial charge in [0.15, 0.2) is 0 Å². The van der Waals surface area contributed by atoms with Gasteiger partial charge in [0.1, 0.15) is 24.6 Å². The number of carbonyl (C=O) groups excluding carboxylic acids is 1. The minimum Gasteiger partial charge on any atom is -0.490 e. The Labute approximate surface area is 103 Å². The number of hydrogen-bond donors (Lipinski definition) is 0. The van der Waals surface area contributed by atoms with Crippen molar-refractivity contribution in [3.8, 4) is 5.75 Å². The number of alkyl halides is 1. The third kappa shape index (κ3) is 2.25. The van der Waals surface area contributed by atoms with Gasteiger partial charge < -0.3 is 9.47 Å². The first-order chi connectivity index (χ1) is 8.77. The average Bonchev–Trinajstić information content (AvgIpc) is 2.43. The number of aromatic nitrogens is 1. The smallest absolute Gasteiger partial charge is 0.343 e. The molecule has 0 atom stereocenters. The molecule has 4 nitrogen and oxygen atoms in total. The summed E-state index contributed by atoms with van der Waals surface area (Å²) in [6.07, 6.45) is 1.58. The number of nitrogens with zero attached hydrogens (tertiary/aromatic N) is 1. The molecule has 0 amide bonds. The summed E-state index contributed by atoms with van der Waals surface area (Å²) in [6, 6.07) is 6.98. The first kappa shape index (κ1) is 12.3. The lowest BCUT2D eigenvalue weighted by molar-refractivity contribution is 0.0598. The van der Waals surface area contributed by atoms with Crippen LogP contribution >= 0.6 is 0 Å². The van der Waals surface area contributed by atoms with Crippen molar-refractivity contribution in [1.29, 1.82) is 0 Å². The zero-order valence-corrected chi connectivity index (χ0v) is 9.85. The van der Waals surface area contributed by atoms with Crippen molar-refractivity contribution in [1.82, 2.24) is 4.98 Å². The summed E-state index contributed by atoms with van der Waals surface area (Å²) in [5, 5.41) is 0.797. The third-order valence-electron chi connectivity index (χ3n) is 2.46. The normalized spacial score (nSPS) is 10.3. The Hall–Kier alpha value is -2.17. The lowest BCUT2D eigenvalue weighted by Crippen LogP contribution is -2.08. The van der Waals surface area contributed by atoms with Crippen LogP contribution < -0.4 is 4.74 Å². The molecular formula is C13H12FNO3. The first-order valence-corrected chi connectivity index (χ1v) is 5.42. The fourth-order valence-corrected chi connectivity index (χ4v) is 1.69. The number of halogens is 1. The summed E-state index contributed by atoms with van der Waals surface area (Å²) in [4.78, 5) is 15.9. The summed E-state index contributed by atoms with van der Waals surface area (Å²) in [6.45, 7) is -0.733. The molecule has 1 aromatic heterocycles. The van der Waals surface area contributed by atoms with E-state index in [9.17, 15) is 9.18 Å². The van der Waals surface area contributed by atoms with Crippen molar-refractivity contribution in [3.63, 3.8) is 0 Å². The molecule has 0 unspecified atom stereocenters. The van der Waals surface area contributed by atoms with Crippen LogP contribution in [-0.4, -0.2) is 31.3 Å². The van der Waals surface area contributed by atoms with Gasteiger partial charge in [0.25, 0.3) is 0 Å². The van der Waals surface area contributed by atoms with Gasteiger partial charge in [-0.2, -0.15) is 0 Å². The number of methoxy groups -OCH3 is 1. The van der Waals surface area contributed by atoms with Crippen molar-refractivity contribution in [2.24, 2.45) is 0 Å². The maximum Gasteiger partial charge on any atom is 0.343 e. The number of fused-ring (bicyclic) bond motifs is 1. The Morgan fingerprint density at radius 2 is 2.22 bits per heavy atom. The van der Waals surface area contributed by atoms with E-state index in [0.29, 0.717) is 5.52 Å². The van der Waals surface area contributed by atoms with E-state index < -0.39 is 12.6 Å². The molecular weight excluding hydrogens is 237 g/mol. The van der Waals surface area contributed by atoms with Crippen molar-refractivity contribution in [2.45, 2.75) is 0 Å². The number of rotatable bonds is 4. The molecule has 0 aliphatic rings. The van der Waals surface area contributed by atoms with Crippen LogP contribution in [0.4, 0.5) is 4.39 Å². The first-order valence-electron chi connectivity index (χ1n) is 5.42. The molecule has 0 radical (unpaired) electrons. The van der Waals surface area contributed by atoms with E-state index in [0.717, 1.165) is 5.39 Å². The predicted octanol–water partition coefficient (Wildman–Crippen LogP) is 2.37. The topological polar surface area (TPSA) is 48.4 Å². The zero-order chi connectivity index (χ0) is 13.0. The van der Waals surface area contributed by atoms with E-state index in [4.69, 9.17) is 9.47 Å². The van der Waals surface area contributed by atoms with E-state index in [1.165, 1.54) is 7.11 Å². The molecule has 0 fully saturated rings. The van der Waals surface area contributed by atoms with Gasteiger partial charge in [0.05, 0.1) is 12.6 Å². The second-order valence-corrected chi connectivity index (χ2v) is 3.54. The van der Waals surface area contributed by atoms with Crippen LogP contribution in [0.25, 0.3) is 10.9 Å². The highest BCUT2D eigenvalue weighted by molar-refractivity contribution is 6.05. The Kier molecular flexibility index (Phi) is 3.72. The quantitative estimate of drug-likeness (QED) is 0.780. The maximum atomic E-state index is 12.2. The molecule has 0 saturated carbocycles. The monoisotopic (exact) mass is 249 g/mol. The van der Waals surface area contributed by atoms with Crippen LogP contribution in [0, 0.1) is 0 Å². The standard InChI is InChI=1S/C13H12FNO3/c1-17-13(16)11-10(18-8-6-14)5-4-9-3-2-7-15-12(9)11/h2-5,7H,6,8H2,1H3. The van der Waals surface area contributed by atoms with E-state index in [1.54, 1.807) is 24.4 Å². The number of esters is 1. The fourth-order valence-electron chi connectivity index (χ4n) is 1.69. The van der Waals surface area contributed by atoms with E-state index in [-0.39, 0.29) is 17.9 Å². The summed E-state index contributed by atoms with van der Waals surface area (Å²) in [7, 11) is 1.28. The van der Waals surface area contributed by atoms with Crippen molar-refractivity contribution in [3.05, 3.63) is 36.0 Å². The van der Waals surface area contributed by atoms with Gasteiger partial charge in [-0.1, -0.05) is 6.07 Å². The third-order valence-corrected chi connectivity index (χ3v) is 2.46. The molecule has 0 spiro atoms. The van der Waals surface area contributed by atoms with Gasteiger partial charge in [-0.3, -0.25) is 4.98 Å². The molecule has 0 aliphatic heterocycles. The van der Waals surface area contributed by atoms with Gasteiger partial charge in [0, 0.05) is 11.6 Å². The second kappa shape index (κ2) is 5.44. The molecule has 0 saturated heterocycles. The van der Waals surface area contributed by atoms with Crippen molar-refractivity contribution < 1.29 is 18.7 Å². The van der Waals surface area contributed by atoms with Crippen LogP contribution in [0.15, 0.2) is 30.5 Å². The highest BCUT2D eigenvalue weighted by Crippen LogP contribution is 2.27. The summed E-state index contributed by atoms with van der Waals surface area (Å²) >= 11 is 0. The molecule has 0 bridgehead atoms. The Morgan fingerprint density at radius 1 is 1.39 bits per heavy atom. The van der Waals surface area contributed by atoms with E-state index in [1.807, 2.05) is 6.07 Å². The Morgan fingerprint density at radius 3 is 2.94 bits per heavy atom. The van der Waals surface area contributed by atoms with Crippen LogP contribution in [0.1, 0.15) is 10.4 Å². The van der Waals surface area contributed by atoms with Crippen molar-refractivity contribution in [2.75, 3.05) is 20.4 Å². The molecule has 2 aromatic rings. The maximum absolute atomic E-state index is 12.2. The summed E-state index contributed by atoms with van der Waals surface area (Å²) in [5.74, 6) is -0.265. The molecule has 0 aliphatic carbocycles. The molecule has 18 heavy (non-hydrogen) atoms. The Balaban J connectivity index is 2.59. The van der Waals surface area contributed by atoms with Crippen LogP contribution in [-0.2, 0) is 4.74 Å². The molecule has 1 aromatic carbocycles. The minimum absolute atomic E-state index is 0.109. The minimum atomic E-state index is -0.624. The number of ether oxygens (including phenoxy) is 2. The number of benzene rings is 1.